The van der Waals surface area contributed by atoms with Crippen molar-refractivity contribution in [1.82, 2.24) is 20.8 Å². The van der Waals surface area contributed by atoms with Crippen LogP contribution in [0.3, 0.4) is 0 Å². The van der Waals surface area contributed by atoms with Crippen molar-refractivity contribution in [2.75, 3.05) is 7.11 Å². The first-order chi connectivity index (χ1) is 10.1. The Morgan fingerprint density at radius 1 is 1.00 bits per heavy atom. The predicted octanol–water partition coefficient (Wildman–Crippen LogP) is 0.868. The number of nitrogens with zero attached hydrogens (tertiary/aromatic N) is 2. The number of hydrogen-bond donors (Lipinski definition) is 2. The molecule has 0 atom stereocenters. The number of carbonyl (C=O) groups is 2. The highest BCUT2D eigenvalue weighted by Crippen LogP contribution is 2.08. The van der Waals surface area contributed by atoms with E-state index in [1.807, 2.05) is 0 Å². The van der Waals surface area contributed by atoms with E-state index in [-0.39, 0.29) is 0 Å². The van der Waals surface area contributed by atoms with Crippen LogP contribution >= 0.6 is 0 Å². The fraction of sp³-hybridized carbons (Fsp3) is 0.143. The summed E-state index contributed by atoms with van der Waals surface area (Å²) in [6.07, 6.45) is 2.97. The van der Waals surface area contributed by atoms with E-state index in [0.717, 1.165) is 0 Å². The number of methoxy groups -OCH3 is 1. The molecule has 0 spiro atoms. The molecule has 0 bridgehead atoms. The highest BCUT2D eigenvalue weighted by atomic mass is 16.5. The maximum Gasteiger partial charge on any atom is 0.269 e. The van der Waals surface area contributed by atoms with E-state index in [1.54, 1.807) is 19.1 Å². The molecular weight excluding hydrogens is 272 g/mol. The Hall–Kier alpha value is -2.96. The van der Waals surface area contributed by atoms with Gasteiger partial charge in [0.05, 0.1) is 7.11 Å². The molecule has 0 aliphatic heterocycles. The minimum absolute atomic E-state index is 0.318. The molecule has 0 saturated heterocycles. The van der Waals surface area contributed by atoms with E-state index < -0.39 is 11.8 Å². The fourth-order valence-electron chi connectivity index (χ4n) is 1.61. The van der Waals surface area contributed by atoms with Gasteiger partial charge in [-0.1, -0.05) is 0 Å². The van der Waals surface area contributed by atoms with Gasteiger partial charge in [-0.3, -0.25) is 25.4 Å². The lowest BCUT2D eigenvalue weighted by Gasteiger charge is -2.08. The number of nitrogens with one attached hydrogen (secondary N) is 2. The molecule has 2 aromatic heterocycles. The molecule has 7 heteroatoms. The molecule has 2 N–H and O–H groups in total. The van der Waals surface area contributed by atoms with Crippen molar-refractivity contribution >= 4 is 11.8 Å². The van der Waals surface area contributed by atoms with Gasteiger partial charge in [0.1, 0.15) is 0 Å². The van der Waals surface area contributed by atoms with Crippen LogP contribution in [0.4, 0.5) is 0 Å². The van der Waals surface area contributed by atoms with Crippen LogP contribution in [0.15, 0.2) is 36.7 Å². The van der Waals surface area contributed by atoms with E-state index >= 15 is 0 Å². The third-order valence-corrected chi connectivity index (χ3v) is 2.65. The van der Waals surface area contributed by atoms with Crippen molar-refractivity contribution in [3.63, 3.8) is 0 Å². The molecule has 0 aromatic carbocycles. The molecule has 2 rings (SSSR count). The first-order valence-corrected chi connectivity index (χ1v) is 6.13. The topological polar surface area (TPSA) is 93.2 Å². The molecule has 2 heterocycles. The first-order valence-electron chi connectivity index (χ1n) is 6.13. The van der Waals surface area contributed by atoms with Gasteiger partial charge >= 0.3 is 0 Å². The van der Waals surface area contributed by atoms with Gasteiger partial charge in [0.15, 0.2) is 0 Å². The molecule has 2 aromatic rings. The van der Waals surface area contributed by atoms with Gasteiger partial charge in [0, 0.05) is 35.3 Å². The summed E-state index contributed by atoms with van der Waals surface area (Å²) >= 11 is 0. The number of aryl methyl sites for hydroxylation is 1. The first kappa shape index (κ1) is 14.4. The van der Waals surface area contributed by atoms with E-state index in [4.69, 9.17) is 4.74 Å². The summed E-state index contributed by atoms with van der Waals surface area (Å²) in [5.41, 5.74) is 6.11. The van der Waals surface area contributed by atoms with Crippen LogP contribution in [0, 0.1) is 6.92 Å². The predicted molar refractivity (Wildman–Crippen MR) is 74.7 cm³/mol. The number of pyridine rings is 2. The van der Waals surface area contributed by atoms with Crippen molar-refractivity contribution in [1.29, 1.82) is 0 Å². The second kappa shape index (κ2) is 6.47. The van der Waals surface area contributed by atoms with E-state index in [0.29, 0.717) is 22.7 Å². The monoisotopic (exact) mass is 286 g/mol. The number of aromatic nitrogens is 2. The fourth-order valence-corrected chi connectivity index (χ4v) is 1.61. The summed E-state index contributed by atoms with van der Waals surface area (Å²) in [7, 11) is 1.46. The molecule has 0 aliphatic carbocycles. The minimum atomic E-state index is -0.463. The smallest absolute Gasteiger partial charge is 0.269 e. The number of hydrogen-bond acceptors (Lipinski definition) is 5. The highest BCUT2D eigenvalue weighted by Gasteiger charge is 2.10. The number of ether oxygens (including phenoxy) is 1. The van der Waals surface area contributed by atoms with Crippen molar-refractivity contribution in [3.8, 4) is 5.88 Å². The zero-order valence-electron chi connectivity index (χ0n) is 11.6. The highest BCUT2D eigenvalue weighted by molar-refractivity contribution is 5.99. The average molecular weight is 286 g/mol. The van der Waals surface area contributed by atoms with Gasteiger partial charge in [-0.2, -0.15) is 0 Å². The summed E-state index contributed by atoms with van der Waals surface area (Å²) in [6.45, 7) is 1.78. The van der Waals surface area contributed by atoms with Gasteiger partial charge < -0.3 is 4.74 Å². The van der Waals surface area contributed by atoms with Crippen LogP contribution in [-0.2, 0) is 0 Å². The van der Waals surface area contributed by atoms with Crippen molar-refractivity contribution in [2.45, 2.75) is 6.92 Å². The summed E-state index contributed by atoms with van der Waals surface area (Å²) in [4.78, 5) is 31.7. The molecule has 0 aliphatic rings. The molecule has 2 amide bonds. The molecule has 21 heavy (non-hydrogen) atoms. The van der Waals surface area contributed by atoms with Gasteiger partial charge in [-0.05, 0) is 25.1 Å². The van der Waals surface area contributed by atoms with Crippen LogP contribution in [-0.4, -0.2) is 28.9 Å². The Balaban J connectivity index is 1.99. The molecule has 0 radical (unpaired) electrons. The summed E-state index contributed by atoms with van der Waals surface area (Å²) in [5.74, 6) is -0.566. The van der Waals surface area contributed by atoms with Gasteiger partial charge in [-0.15, -0.1) is 0 Å². The van der Waals surface area contributed by atoms with Crippen LogP contribution in [0.1, 0.15) is 26.4 Å². The SMILES string of the molecule is COc1cc(C(=O)NNC(=O)c2ccnc(C)c2)ccn1. The third-order valence-electron chi connectivity index (χ3n) is 2.65. The number of rotatable bonds is 3. The number of carbonyl (C=O) groups excluding carboxylic acids is 2. The Morgan fingerprint density at radius 3 is 2.14 bits per heavy atom. The molecular formula is C14H14N4O3. The number of hydrazine groups is 1. The van der Waals surface area contributed by atoms with Crippen LogP contribution < -0.4 is 15.6 Å². The normalized spacial score (nSPS) is 9.81. The summed E-state index contributed by atoms with van der Waals surface area (Å²) < 4.78 is 4.93. The lowest BCUT2D eigenvalue weighted by molar-refractivity contribution is 0.0846. The van der Waals surface area contributed by atoms with Crippen molar-refractivity contribution in [2.24, 2.45) is 0 Å². The Kier molecular flexibility index (Phi) is 4.45. The largest absolute Gasteiger partial charge is 0.481 e. The standard InChI is InChI=1S/C14H14N4O3/c1-9-7-10(3-5-15-9)13(19)17-18-14(20)11-4-6-16-12(8-11)21-2/h3-8H,1-2H3,(H,17,19)(H,18,20). The zero-order valence-corrected chi connectivity index (χ0v) is 11.6. The van der Waals surface area contributed by atoms with E-state index in [1.165, 1.54) is 31.6 Å². The van der Waals surface area contributed by atoms with Gasteiger partial charge in [0.2, 0.25) is 5.88 Å². The lowest BCUT2D eigenvalue weighted by atomic mass is 10.2. The molecule has 0 saturated carbocycles. The number of amides is 2. The van der Waals surface area contributed by atoms with Gasteiger partial charge in [-0.25, -0.2) is 4.98 Å². The molecule has 0 fully saturated rings. The maximum atomic E-state index is 11.9. The van der Waals surface area contributed by atoms with E-state index in [2.05, 4.69) is 20.8 Å². The summed E-state index contributed by atoms with van der Waals surface area (Å²) in [6, 6.07) is 6.17. The lowest BCUT2D eigenvalue weighted by Crippen LogP contribution is -2.41. The Bertz CT molecular complexity index is 673. The van der Waals surface area contributed by atoms with Crippen LogP contribution in [0.5, 0.6) is 5.88 Å². The van der Waals surface area contributed by atoms with Crippen LogP contribution in [0.25, 0.3) is 0 Å². The van der Waals surface area contributed by atoms with Gasteiger partial charge in [0.25, 0.3) is 11.8 Å². The molecule has 0 unspecified atom stereocenters. The second-order valence-electron chi connectivity index (χ2n) is 4.18. The zero-order chi connectivity index (χ0) is 15.2. The average Bonchev–Trinajstić information content (AvgIpc) is 2.52. The summed E-state index contributed by atoms with van der Waals surface area (Å²) in [5, 5.41) is 0. The van der Waals surface area contributed by atoms with Crippen LogP contribution in [0.2, 0.25) is 0 Å². The molecule has 108 valence electrons. The van der Waals surface area contributed by atoms with Crippen molar-refractivity contribution in [3.05, 3.63) is 53.5 Å². The second-order valence-corrected chi connectivity index (χ2v) is 4.18. The third kappa shape index (κ3) is 3.75. The Labute approximate surface area is 121 Å². The maximum absolute atomic E-state index is 11.9. The molecule has 7 nitrogen and oxygen atoms in total. The Morgan fingerprint density at radius 2 is 1.57 bits per heavy atom. The minimum Gasteiger partial charge on any atom is -0.481 e. The quantitative estimate of drug-likeness (QED) is 0.817. The van der Waals surface area contributed by atoms with Crippen molar-refractivity contribution < 1.29 is 14.3 Å². The van der Waals surface area contributed by atoms with E-state index in [9.17, 15) is 9.59 Å².